The van der Waals surface area contributed by atoms with E-state index < -0.39 is 11.4 Å². The molecule has 4 heterocycles. The maximum Gasteiger partial charge on any atom is 0.278 e. The standard InChI is InChI=1S/C23H22FN7O3/c1-13-10-14(13)21-27-22(34-28-21)18-20-23(32)30(5-4-29-6-8-33-9-7-29)19-15(11-25)16(24)2-3-17(19)31(20)12-26-18/h2-3,12-14H,4-10H2,1H3. The first-order valence-electron chi connectivity index (χ1n) is 11.3. The van der Waals surface area contributed by atoms with Gasteiger partial charge in [0.1, 0.15) is 29.3 Å². The lowest BCUT2D eigenvalue weighted by molar-refractivity contribution is 0.0364. The lowest BCUT2D eigenvalue weighted by Gasteiger charge is -2.27. The summed E-state index contributed by atoms with van der Waals surface area (Å²) in [5.41, 5.74) is 0.719. The highest BCUT2D eigenvalue weighted by molar-refractivity contribution is 5.87. The molecule has 0 N–H and O–H groups in total. The number of hydrogen-bond donors (Lipinski definition) is 0. The number of hydrogen-bond acceptors (Lipinski definition) is 8. The van der Waals surface area contributed by atoms with Gasteiger partial charge in [-0.05, 0) is 24.5 Å². The summed E-state index contributed by atoms with van der Waals surface area (Å²) in [5, 5.41) is 13.8. The molecule has 0 spiro atoms. The van der Waals surface area contributed by atoms with Crippen LogP contribution in [0.4, 0.5) is 4.39 Å². The highest BCUT2D eigenvalue weighted by Gasteiger charge is 2.38. The van der Waals surface area contributed by atoms with Gasteiger partial charge in [0.15, 0.2) is 11.5 Å². The Morgan fingerprint density at radius 1 is 1.24 bits per heavy atom. The Balaban J connectivity index is 1.53. The summed E-state index contributed by atoms with van der Waals surface area (Å²) in [6, 6.07) is 4.72. The number of ether oxygens (including phenoxy) is 1. The number of nitriles is 1. The quantitative estimate of drug-likeness (QED) is 0.442. The van der Waals surface area contributed by atoms with Gasteiger partial charge < -0.3 is 13.8 Å². The van der Waals surface area contributed by atoms with Crippen molar-refractivity contribution in [3.8, 4) is 17.7 Å². The van der Waals surface area contributed by atoms with Crippen LogP contribution in [0.2, 0.25) is 0 Å². The number of benzene rings is 1. The molecule has 0 radical (unpaired) electrons. The van der Waals surface area contributed by atoms with Gasteiger partial charge in [0, 0.05) is 32.1 Å². The van der Waals surface area contributed by atoms with Gasteiger partial charge in [0.05, 0.1) is 24.2 Å². The Kier molecular flexibility index (Phi) is 4.93. The molecule has 1 saturated heterocycles. The number of imidazole rings is 1. The van der Waals surface area contributed by atoms with Crippen molar-refractivity contribution in [1.82, 2.24) is 29.0 Å². The Bertz CT molecular complexity index is 1510. The number of fused-ring (bicyclic) bond motifs is 3. The molecule has 174 valence electrons. The Hall–Kier alpha value is -3.62. The topological polar surface area (TPSA) is 114 Å². The molecular weight excluding hydrogens is 441 g/mol. The fraction of sp³-hybridized carbons (Fsp3) is 0.435. The zero-order valence-electron chi connectivity index (χ0n) is 18.6. The summed E-state index contributed by atoms with van der Waals surface area (Å²) in [4.78, 5) is 24.9. The van der Waals surface area contributed by atoms with Gasteiger partial charge in [0.2, 0.25) is 0 Å². The Morgan fingerprint density at radius 3 is 2.76 bits per heavy atom. The fourth-order valence-electron chi connectivity index (χ4n) is 4.69. The smallest absolute Gasteiger partial charge is 0.278 e. The van der Waals surface area contributed by atoms with Crippen LogP contribution in [-0.2, 0) is 11.3 Å². The zero-order chi connectivity index (χ0) is 23.4. The molecule has 2 unspecified atom stereocenters. The third kappa shape index (κ3) is 3.29. The average Bonchev–Trinajstić information content (AvgIpc) is 3.23. The predicted octanol–water partition coefficient (Wildman–Crippen LogP) is 2.17. The van der Waals surface area contributed by atoms with Crippen LogP contribution in [0.25, 0.3) is 28.1 Å². The van der Waals surface area contributed by atoms with Crippen LogP contribution in [0.5, 0.6) is 0 Å². The number of nitrogens with zero attached hydrogens (tertiary/aromatic N) is 7. The minimum atomic E-state index is -0.672. The molecule has 2 aliphatic rings. The molecule has 1 aromatic carbocycles. The van der Waals surface area contributed by atoms with Crippen LogP contribution >= 0.6 is 0 Å². The van der Waals surface area contributed by atoms with E-state index in [0.717, 1.165) is 19.5 Å². The van der Waals surface area contributed by atoms with E-state index in [1.807, 2.05) is 6.07 Å². The largest absolute Gasteiger partial charge is 0.379 e. The average molecular weight is 463 g/mol. The molecule has 4 aromatic rings. The normalized spacial score (nSPS) is 20.7. The first-order valence-corrected chi connectivity index (χ1v) is 11.3. The summed E-state index contributed by atoms with van der Waals surface area (Å²) >= 11 is 0. The summed E-state index contributed by atoms with van der Waals surface area (Å²) < 4.78 is 28.5. The lowest BCUT2D eigenvalue weighted by Crippen LogP contribution is -2.39. The molecule has 10 nitrogen and oxygen atoms in total. The molecule has 2 fully saturated rings. The molecule has 1 aliphatic heterocycles. The third-order valence-electron chi connectivity index (χ3n) is 6.79. The van der Waals surface area contributed by atoms with Crippen molar-refractivity contribution < 1.29 is 13.7 Å². The molecule has 0 amide bonds. The van der Waals surface area contributed by atoms with Gasteiger partial charge in [-0.3, -0.25) is 14.1 Å². The first kappa shape index (κ1) is 20.9. The maximum atomic E-state index is 14.6. The minimum Gasteiger partial charge on any atom is -0.379 e. The van der Waals surface area contributed by atoms with Crippen molar-refractivity contribution in [3.05, 3.63) is 46.0 Å². The van der Waals surface area contributed by atoms with Gasteiger partial charge in [0.25, 0.3) is 11.4 Å². The van der Waals surface area contributed by atoms with E-state index in [1.54, 1.807) is 10.5 Å². The molecule has 6 rings (SSSR count). The molecule has 1 aliphatic carbocycles. The predicted molar refractivity (Wildman–Crippen MR) is 119 cm³/mol. The summed E-state index contributed by atoms with van der Waals surface area (Å²) in [7, 11) is 0. The van der Waals surface area contributed by atoms with Crippen LogP contribution in [-0.4, -0.2) is 61.8 Å². The summed E-state index contributed by atoms with van der Waals surface area (Å²) in [6.07, 6.45) is 2.48. The van der Waals surface area contributed by atoms with Gasteiger partial charge >= 0.3 is 0 Å². The highest BCUT2D eigenvalue weighted by Crippen LogP contribution is 2.45. The summed E-state index contributed by atoms with van der Waals surface area (Å²) in [6.45, 7) is 5.70. The van der Waals surface area contributed by atoms with Crippen molar-refractivity contribution in [2.75, 3.05) is 32.8 Å². The van der Waals surface area contributed by atoms with E-state index in [2.05, 4.69) is 26.9 Å². The number of halogens is 1. The Morgan fingerprint density at radius 2 is 2.03 bits per heavy atom. The highest BCUT2D eigenvalue weighted by atomic mass is 19.1. The first-order chi connectivity index (χ1) is 16.6. The van der Waals surface area contributed by atoms with Crippen molar-refractivity contribution in [3.63, 3.8) is 0 Å². The van der Waals surface area contributed by atoms with Gasteiger partial charge in [-0.1, -0.05) is 12.1 Å². The van der Waals surface area contributed by atoms with Crippen molar-refractivity contribution >= 4 is 16.6 Å². The van der Waals surface area contributed by atoms with Crippen LogP contribution in [0.1, 0.15) is 30.7 Å². The number of morpholine rings is 1. The second kappa shape index (κ2) is 8.00. The SMILES string of the molecule is CC1CC1c1noc(-c2ncn3c2c(=O)n(CCN2CCOCC2)c2c(C#N)c(F)ccc23)n1. The minimum absolute atomic E-state index is 0.170. The van der Waals surface area contributed by atoms with Gasteiger partial charge in [-0.25, -0.2) is 9.37 Å². The summed E-state index contributed by atoms with van der Waals surface area (Å²) in [5.74, 6) is 0.888. The molecule has 2 atom stereocenters. The second-order valence-electron chi connectivity index (χ2n) is 8.90. The van der Waals surface area contributed by atoms with E-state index in [1.165, 1.54) is 17.0 Å². The van der Waals surface area contributed by atoms with E-state index in [4.69, 9.17) is 9.26 Å². The van der Waals surface area contributed by atoms with Crippen molar-refractivity contribution in [2.45, 2.75) is 25.8 Å². The monoisotopic (exact) mass is 463 g/mol. The molecule has 3 aromatic heterocycles. The molecular formula is C23H22FN7O3. The maximum absolute atomic E-state index is 14.6. The lowest BCUT2D eigenvalue weighted by atomic mass is 10.1. The number of aromatic nitrogens is 5. The van der Waals surface area contributed by atoms with E-state index >= 15 is 0 Å². The van der Waals surface area contributed by atoms with Gasteiger partial charge in [-0.15, -0.1) is 0 Å². The molecule has 11 heteroatoms. The van der Waals surface area contributed by atoms with Crippen molar-refractivity contribution in [1.29, 1.82) is 5.26 Å². The van der Waals surface area contributed by atoms with E-state index in [0.29, 0.717) is 37.0 Å². The molecule has 1 saturated carbocycles. The number of rotatable bonds is 5. The zero-order valence-corrected chi connectivity index (χ0v) is 18.6. The van der Waals surface area contributed by atoms with E-state index in [-0.39, 0.29) is 40.6 Å². The third-order valence-corrected chi connectivity index (χ3v) is 6.79. The van der Waals surface area contributed by atoms with Crippen LogP contribution in [0.3, 0.4) is 0 Å². The Labute approximate surface area is 193 Å². The second-order valence-corrected chi connectivity index (χ2v) is 8.90. The van der Waals surface area contributed by atoms with Crippen LogP contribution in [0, 0.1) is 23.1 Å². The van der Waals surface area contributed by atoms with Crippen LogP contribution < -0.4 is 5.56 Å². The molecule has 34 heavy (non-hydrogen) atoms. The van der Waals surface area contributed by atoms with Gasteiger partial charge in [-0.2, -0.15) is 10.2 Å². The van der Waals surface area contributed by atoms with Crippen molar-refractivity contribution in [2.24, 2.45) is 5.92 Å². The van der Waals surface area contributed by atoms with Crippen LogP contribution in [0.15, 0.2) is 27.8 Å². The molecule has 0 bridgehead atoms. The van der Waals surface area contributed by atoms with E-state index in [9.17, 15) is 14.4 Å². The fourth-order valence-corrected chi connectivity index (χ4v) is 4.69.